The fraction of sp³-hybridized carbons (Fsp3) is 0.833. The molecule has 3 rings (SSSR count). The Labute approximate surface area is 80.2 Å². The summed E-state index contributed by atoms with van der Waals surface area (Å²) in [6.45, 7) is 1.01. The minimum Gasteiger partial charge on any atom is -0.378 e. The molecule has 0 aromatic rings. The van der Waals surface area contributed by atoms with E-state index in [0.717, 1.165) is 12.5 Å². The van der Waals surface area contributed by atoms with Gasteiger partial charge in [0, 0.05) is 6.61 Å². The number of rotatable bonds is 2. The van der Waals surface area contributed by atoms with Crippen LogP contribution in [0.15, 0.2) is 12.2 Å². The Hall–Kier alpha value is -0.300. The van der Waals surface area contributed by atoms with Gasteiger partial charge in [0.25, 0.3) is 0 Å². The Morgan fingerprint density at radius 2 is 2.38 bits per heavy atom. The molecule has 2 fully saturated rings. The van der Waals surface area contributed by atoms with Gasteiger partial charge in [0.2, 0.25) is 0 Å². The fourth-order valence-corrected chi connectivity index (χ4v) is 3.37. The molecule has 1 saturated carbocycles. The highest BCUT2D eigenvalue weighted by molar-refractivity contribution is 5.16. The van der Waals surface area contributed by atoms with Gasteiger partial charge < -0.3 is 4.74 Å². The van der Waals surface area contributed by atoms with Crippen molar-refractivity contribution in [2.45, 2.75) is 44.6 Å². The van der Waals surface area contributed by atoms with Gasteiger partial charge in [-0.25, -0.2) is 0 Å². The number of fused-ring (bicyclic) bond motifs is 2. The molecule has 0 N–H and O–H groups in total. The molecule has 1 heterocycles. The molecule has 1 saturated heterocycles. The zero-order chi connectivity index (χ0) is 8.73. The quantitative estimate of drug-likeness (QED) is 0.591. The predicted molar refractivity (Wildman–Crippen MR) is 52.5 cm³/mol. The first-order chi connectivity index (χ1) is 6.36. The lowest BCUT2D eigenvalue weighted by Crippen LogP contribution is -2.20. The van der Waals surface area contributed by atoms with Crippen LogP contribution in [0.4, 0.5) is 0 Å². The normalized spacial score (nSPS) is 47.7. The lowest BCUT2D eigenvalue weighted by atomic mass is 9.81. The SMILES string of the molecule is C1=CC2(CC3CCCO3)CCC1C2. The average molecular weight is 178 g/mol. The van der Waals surface area contributed by atoms with Crippen LogP contribution >= 0.6 is 0 Å². The molecule has 0 radical (unpaired) electrons. The van der Waals surface area contributed by atoms with E-state index in [2.05, 4.69) is 12.2 Å². The molecule has 3 atom stereocenters. The van der Waals surface area contributed by atoms with Crippen LogP contribution in [0.2, 0.25) is 0 Å². The summed E-state index contributed by atoms with van der Waals surface area (Å²) in [7, 11) is 0. The minimum atomic E-state index is 0.569. The Kier molecular flexibility index (Phi) is 1.76. The van der Waals surface area contributed by atoms with E-state index in [-0.39, 0.29) is 0 Å². The van der Waals surface area contributed by atoms with E-state index in [9.17, 15) is 0 Å². The van der Waals surface area contributed by atoms with Crippen LogP contribution in [0.5, 0.6) is 0 Å². The Morgan fingerprint density at radius 3 is 2.92 bits per heavy atom. The zero-order valence-corrected chi connectivity index (χ0v) is 8.17. The highest BCUT2D eigenvalue weighted by atomic mass is 16.5. The smallest absolute Gasteiger partial charge is 0.0584 e. The van der Waals surface area contributed by atoms with Crippen LogP contribution in [0.3, 0.4) is 0 Å². The first-order valence-corrected chi connectivity index (χ1v) is 5.67. The van der Waals surface area contributed by atoms with Gasteiger partial charge in [0.1, 0.15) is 0 Å². The molecule has 1 aliphatic heterocycles. The van der Waals surface area contributed by atoms with Crippen LogP contribution in [-0.2, 0) is 4.74 Å². The molecule has 2 bridgehead atoms. The monoisotopic (exact) mass is 178 g/mol. The topological polar surface area (TPSA) is 9.23 Å². The number of ether oxygens (including phenoxy) is 1. The molecule has 72 valence electrons. The molecule has 0 aromatic heterocycles. The summed E-state index contributed by atoms with van der Waals surface area (Å²) < 4.78 is 5.73. The maximum absolute atomic E-state index is 5.73. The van der Waals surface area contributed by atoms with Crippen molar-refractivity contribution < 1.29 is 4.74 Å². The summed E-state index contributed by atoms with van der Waals surface area (Å²) in [5.74, 6) is 0.918. The van der Waals surface area contributed by atoms with Crippen molar-refractivity contribution in [1.82, 2.24) is 0 Å². The highest BCUT2D eigenvalue weighted by Gasteiger charge is 2.42. The lowest BCUT2D eigenvalue weighted by molar-refractivity contribution is 0.0766. The van der Waals surface area contributed by atoms with Gasteiger partial charge in [-0.2, -0.15) is 0 Å². The van der Waals surface area contributed by atoms with Gasteiger partial charge in [0.15, 0.2) is 0 Å². The average Bonchev–Trinajstić information content (AvgIpc) is 2.79. The molecule has 13 heavy (non-hydrogen) atoms. The molecule has 0 spiro atoms. The summed E-state index contributed by atoms with van der Waals surface area (Å²) >= 11 is 0. The van der Waals surface area contributed by atoms with Crippen LogP contribution in [0, 0.1) is 11.3 Å². The highest BCUT2D eigenvalue weighted by Crippen LogP contribution is 2.52. The van der Waals surface area contributed by atoms with Crippen molar-refractivity contribution >= 4 is 0 Å². The van der Waals surface area contributed by atoms with Crippen LogP contribution < -0.4 is 0 Å². The fourth-order valence-electron chi connectivity index (χ4n) is 3.37. The van der Waals surface area contributed by atoms with Gasteiger partial charge in [-0.1, -0.05) is 12.2 Å². The summed E-state index contributed by atoms with van der Waals surface area (Å²) in [5, 5.41) is 0. The standard InChI is InChI=1S/C12H18O/c1-2-11(13-7-1)9-12-5-3-10(8-12)4-6-12/h3,5,10-11H,1-2,4,6-9H2. The molecular formula is C12H18O. The van der Waals surface area contributed by atoms with E-state index in [1.54, 1.807) is 0 Å². The third kappa shape index (κ3) is 1.34. The van der Waals surface area contributed by atoms with E-state index in [1.807, 2.05) is 0 Å². The minimum absolute atomic E-state index is 0.569. The molecule has 0 amide bonds. The lowest BCUT2D eigenvalue weighted by Gasteiger charge is -2.26. The maximum Gasteiger partial charge on any atom is 0.0584 e. The maximum atomic E-state index is 5.73. The Morgan fingerprint density at radius 1 is 1.38 bits per heavy atom. The van der Waals surface area contributed by atoms with Crippen LogP contribution in [-0.4, -0.2) is 12.7 Å². The molecule has 3 aliphatic rings. The predicted octanol–water partition coefficient (Wildman–Crippen LogP) is 2.91. The van der Waals surface area contributed by atoms with Crippen LogP contribution in [0.1, 0.15) is 38.5 Å². The van der Waals surface area contributed by atoms with Crippen molar-refractivity contribution in [2.75, 3.05) is 6.61 Å². The summed E-state index contributed by atoms with van der Waals surface area (Å²) in [5.41, 5.74) is 0.569. The van der Waals surface area contributed by atoms with Crippen molar-refractivity contribution in [3.8, 4) is 0 Å². The van der Waals surface area contributed by atoms with E-state index in [1.165, 1.54) is 38.5 Å². The first kappa shape index (κ1) is 8.05. The summed E-state index contributed by atoms with van der Waals surface area (Å²) in [6.07, 6.45) is 13.7. The van der Waals surface area contributed by atoms with E-state index >= 15 is 0 Å². The van der Waals surface area contributed by atoms with Crippen molar-refractivity contribution in [2.24, 2.45) is 11.3 Å². The molecule has 1 nitrogen and oxygen atoms in total. The van der Waals surface area contributed by atoms with Gasteiger partial charge in [0.05, 0.1) is 6.10 Å². The largest absolute Gasteiger partial charge is 0.378 e. The van der Waals surface area contributed by atoms with Gasteiger partial charge in [-0.15, -0.1) is 0 Å². The third-order valence-electron chi connectivity index (χ3n) is 4.06. The molecular weight excluding hydrogens is 160 g/mol. The second kappa shape index (κ2) is 2.84. The number of hydrogen-bond acceptors (Lipinski definition) is 1. The second-order valence-electron chi connectivity index (χ2n) is 5.06. The first-order valence-electron chi connectivity index (χ1n) is 5.67. The second-order valence-corrected chi connectivity index (χ2v) is 5.06. The Balaban J connectivity index is 1.68. The number of hydrogen-bond donors (Lipinski definition) is 0. The van der Waals surface area contributed by atoms with Gasteiger partial charge >= 0.3 is 0 Å². The third-order valence-corrected chi connectivity index (χ3v) is 4.06. The van der Waals surface area contributed by atoms with Crippen molar-refractivity contribution in [1.29, 1.82) is 0 Å². The molecule has 0 aromatic carbocycles. The van der Waals surface area contributed by atoms with E-state index in [4.69, 9.17) is 4.74 Å². The van der Waals surface area contributed by atoms with Crippen LogP contribution in [0.25, 0.3) is 0 Å². The van der Waals surface area contributed by atoms with E-state index in [0.29, 0.717) is 11.5 Å². The zero-order valence-electron chi connectivity index (χ0n) is 8.17. The summed E-state index contributed by atoms with van der Waals surface area (Å²) in [4.78, 5) is 0. The molecule has 1 heteroatoms. The molecule has 2 aliphatic carbocycles. The van der Waals surface area contributed by atoms with E-state index < -0.39 is 0 Å². The van der Waals surface area contributed by atoms with Gasteiger partial charge in [-0.05, 0) is 49.9 Å². The summed E-state index contributed by atoms with van der Waals surface area (Å²) in [6, 6.07) is 0. The van der Waals surface area contributed by atoms with Crippen molar-refractivity contribution in [3.63, 3.8) is 0 Å². The number of allylic oxidation sites excluding steroid dienone is 2. The van der Waals surface area contributed by atoms with Gasteiger partial charge in [-0.3, -0.25) is 0 Å². The van der Waals surface area contributed by atoms with Crippen molar-refractivity contribution in [3.05, 3.63) is 12.2 Å². The molecule has 3 unspecified atom stereocenters. The Bertz CT molecular complexity index is 227.